The van der Waals surface area contributed by atoms with Crippen LogP contribution in [0.2, 0.25) is 0 Å². The zero-order valence-electron chi connectivity index (χ0n) is 12.3. The lowest BCUT2D eigenvalue weighted by Crippen LogP contribution is -2.21. The Morgan fingerprint density at radius 1 is 1.35 bits per heavy atom. The SMILES string of the molecule is CC(c1cc2c(s1)CCOC2CN)C1CCCOCC1. The van der Waals surface area contributed by atoms with Crippen molar-refractivity contribution in [2.45, 2.75) is 44.6 Å². The topological polar surface area (TPSA) is 44.5 Å². The molecular weight excluding hydrogens is 270 g/mol. The molecule has 2 N–H and O–H groups in total. The summed E-state index contributed by atoms with van der Waals surface area (Å²) in [6.45, 7) is 5.66. The Balaban J connectivity index is 1.78. The van der Waals surface area contributed by atoms with E-state index in [9.17, 15) is 0 Å². The summed E-state index contributed by atoms with van der Waals surface area (Å²) in [5.74, 6) is 1.39. The number of hydrogen-bond acceptors (Lipinski definition) is 4. The summed E-state index contributed by atoms with van der Waals surface area (Å²) < 4.78 is 11.4. The van der Waals surface area contributed by atoms with Gasteiger partial charge in [0.25, 0.3) is 0 Å². The van der Waals surface area contributed by atoms with Crippen molar-refractivity contribution >= 4 is 11.3 Å². The number of fused-ring (bicyclic) bond motifs is 1. The van der Waals surface area contributed by atoms with Crippen LogP contribution in [0.25, 0.3) is 0 Å². The van der Waals surface area contributed by atoms with Crippen molar-refractivity contribution in [1.82, 2.24) is 0 Å². The van der Waals surface area contributed by atoms with Gasteiger partial charge in [-0.3, -0.25) is 0 Å². The van der Waals surface area contributed by atoms with Gasteiger partial charge in [-0.25, -0.2) is 0 Å². The van der Waals surface area contributed by atoms with E-state index in [0.29, 0.717) is 12.5 Å². The summed E-state index contributed by atoms with van der Waals surface area (Å²) in [6, 6.07) is 2.37. The van der Waals surface area contributed by atoms with Crippen molar-refractivity contribution in [3.63, 3.8) is 0 Å². The molecule has 0 aliphatic carbocycles. The second kappa shape index (κ2) is 6.56. The van der Waals surface area contributed by atoms with Gasteiger partial charge in [0.1, 0.15) is 0 Å². The molecule has 1 aromatic rings. The van der Waals surface area contributed by atoms with E-state index >= 15 is 0 Å². The molecule has 2 aliphatic heterocycles. The van der Waals surface area contributed by atoms with Crippen LogP contribution in [0, 0.1) is 5.92 Å². The first-order valence-corrected chi connectivity index (χ1v) is 8.63. The van der Waals surface area contributed by atoms with Crippen molar-refractivity contribution < 1.29 is 9.47 Å². The fraction of sp³-hybridized carbons (Fsp3) is 0.750. The second-order valence-corrected chi connectivity index (χ2v) is 7.13. The highest BCUT2D eigenvalue weighted by Crippen LogP contribution is 2.40. The highest BCUT2D eigenvalue weighted by molar-refractivity contribution is 7.12. The van der Waals surface area contributed by atoms with Crippen LogP contribution in [0.1, 0.15) is 53.5 Å². The van der Waals surface area contributed by atoms with Gasteiger partial charge in [0.2, 0.25) is 0 Å². The lowest BCUT2D eigenvalue weighted by atomic mass is 9.86. The zero-order valence-corrected chi connectivity index (χ0v) is 13.1. The predicted molar refractivity (Wildman–Crippen MR) is 82.3 cm³/mol. The first-order valence-electron chi connectivity index (χ1n) is 7.81. The highest BCUT2D eigenvalue weighted by Gasteiger charge is 2.27. The minimum absolute atomic E-state index is 0.119. The van der Waals surface area contributed by atoms with E-state index in [4.69, 9.17) is 15.2 Å². The zero-order chi connectivity index (χ0) is 13.9. The maximum absolute atomic E-state index is 5.83. The molecule has 1 saturated heterocycles. The quantitative estimate of drug-likeness (QED) is 0.931. The van der Waals surface area contributed by atoms with Crippen LogP contribution < -0.4 is 5.73 Å². The standard InChI is InChI=1S/C16H25NO2S/c1-11(12-3-2-6-18-7-4-12)16-9-13-14(10-17)19-8-5-15(13)20-16/h9,11-12,14H,2-8,10,17H2,1H3. The molecule has 0 radical (unpaired) electrons. The third-order valence-corrected chi connectivity index (χ3v) is 6.13. The fourth-order valence-electron chi connectivity index (χ4n) is 3.40. The molecule has 112 valence electrons. The molecule has 4 heteroatoms. The largest absolute Gasteiger partial charge is 0.381 e. The summed E-state index contributed by atoms with van der Waals surface area (Å²) in [7, 11) is 0. The Hall–Kier alpha value is -0.420. The summed E-state index contributed by atoms with van der Waals surface area (Å²) in [4.78, 5) is 3.02. The lowest BCUT2D eigenvalue weighted by Gasteiger charge is -2.21. The lowest BCUT2D eigenvalue weighted by molar-refractivity contribution is 0.0498. The summed E-state index contributed by atoms with van der Waals surface area (Å²) in [5, 5.41) is 0. The predicted octanol–water partition coefficient (Wildman–Crippen LogP) is 3.24. The molecule has 3 unspecified atom stereocenters. The average molecular weight is 295 g/mol. The van der Waals surface area contributed by atoms with E-state index in [1.54, 1.807) is 0 Å². The normalized spacial score (nSPS) is 28.7. The Labute approximate surface area is 125 Å². The molecule has 0 aromatic carbocycles. The number of rotatable bonds is 3. The van der Waals surface area contributed by atoms with Crippen LogP contribution in [0.15, 0.2) is 6.07 Å². The minimum Gasteiger partial charge on any atom is -0.381 e. The van der Waals surface area contributed by atoms with E-state index in [2.05, 4.69) is 13.0 Å². The van der Waals surface area contributed by atoms with Gasteiger partial charge in [-0.15, -0.1) is 11.3 Å². The van der Waals surface area contributed by atoms with Crippen LogP contribution in [0.4, 0.5) is 0 Å². The molecule has 3 heterocycles. The van der Waals surface area contributed by atoms with Gasteiger partial charge >= 0.3 is 0 Å². The van der Waals surface area contributed by atoms with E-state index in [1.165, 1.54) is 34.6 Å². The van der Waals surface area contributed by atoms with E-state index in [-0.39, 0.29) is 6.10 Å². The van der Waals surface area contributed by atoms with Gasteiger partial charge in [0.15, 0.2) is 0 Å². The number of hydrogen-bond donors (Lipinski definition) is 1. The van der Waals surface area contributed by atoms with Gasteiger partial charge < -0.3 is 15.2 Å². The van der Waals surface area contributed by atoms with Gasteiger partial charge in [0.05, 0.1) is 12.7 Å². The van der Waals surface area contributed by atoms with Gasteiger partial charge in [-0.05, 0) is 42.7 Å². The molecule has 20 heavy (non-hydrogen) atoms. The van der Waals surface area contributed by atoms with E-state index in [1.807, 2.05) is 11.3 Å². The maximum atomic E-state index is 5.83. The first-order chi connectivity index (χ1) is 9.79. The van der Waals surface area contributed by atoms with Crippen molar-refractivity contribution in [1.29, 1.82) is 0 Å². The Morgan fingerprint density at radius 2 is 2.25 bits per heavy atom. The molecule has 3 rings (SSSR count). The number of nitrogens with two attached hydrogens (primary N) is 1. The third kappa shape index (κ3) is 2.93. The van der Waals surface area contributed by atoms with E-state index in [0.717, 1.165) is 32.2 Å². The molecule has 1 fully saturated rings. The van der Waals surface area contributed by atoms with E-state index < -0.39 is 0 Å². The Bertz CT molecular complexity index is 438. The Kier molecular flexibility index (Phi) is 4.76. The van der Waals surface area contributed by atoms with Crippen molar-refractivity contribution in [3.05, 3.63) is 21.4 Å². The summed E-state index contributed by atoms with van der Waals surface area (Å²) in [5.41, 5.74) is 7.19. The average Bonchev–Trinajstić information content (AvgIpc) is 2.73. The summed E-state index contributed by atoms with van der Waals surface area (Å²) >= 11 is 1.99. The van der Waals surface area contributed by atoms with Crippen molar-refractivity contribution in [3.8, 4) is 0 Å². The molecule has 0 spiro atoms. The molecule has 0 amide bonds. The molecular formula is C16H25NO2S. The van der Waals surface area contributed by atoms with Crippen LogP contribution in [-0.2, 0) is 15.9 Å². The first kappa shape index (κ1) is 14.5. The minimum atomic E-state index is 0.119. The van der Waals surface area contributed by atoms with Crippen LogP contribution >= 0.6 is 11.3 Å². The van der Waals surface area contributed by atoms with Gasteiger partial charge in [-0.2, -0.15) is 0 Å². The number of thiophene rings is 1. The second-order valence-electron chi connectivity index (χ2n) is 5.96. The monoisotopic (exact) mass is 295 g/mol. The molecule has 0 saturated carbocycles. The molecule has 1 aromatic heterocycles. The van der Waals surface area contributed by atoms with Gasteiger partial charge in [0, 0.05) is 35.9 Å². The maximum Gasteiger partial charge on any atom is 0.0958 e. The van der Waals surface area contributed by atoms with Crippen LogP contribution in [-0.4, -0.2) is 26.4 Å². The molecule has 3 nitrogen and oxygen atoms in total. The molecule has 3 atom stereocenters. The molecule has 0 bridgehead atoms. The smallest absolute Gasteiger partial charge is 0.0958 e. The van der Waals surface area contributed by atoms with Crippen molar-refractivity contribution in [2.24, 2.45) is 11.7 Å². The highest BCUT2D eigenvalue weighted by atomic mass is 32.1. The van der Waals surface area contributed by atoms with Crippen LogP contribution in [0.3, 0.4) is 0 Å². The Morgan fingerprint density at radius 3 is 3.10 bits per heavy atom. The third-order valence-electron chi connectivity index (χ3n) is 4.72. The van der Waals surface area contributed by atoms with Crippen molar-refractivity contribution in [2.75, 3.05) is 26.4 Å². The van der Waals surface area contributed by atoms with Gasteiger partial charge in [-0.1, -0.05) is 6.92 Å². The fourth-order valence-corrected chi connectivity index (χ4v) is 4.74. The van der Waals surface area contributed by atoms with Crippen LogP contribution in [0.5, 0.6) is 0 Å². The number of ether oxygens (including phenoxy) is 2. The molecule has 2 aliphatic rings. The summed E-state index contributed by atoms with van der Waals surface area (Å²) in [6.07, 6.45) is 4.86.